The molecule has 1 aromatic carbocycles. The van der Waals surface area contributed by atoms with Crippen LogP contribution in [0.15, 0.2) is 30.5 Å². The predicted octanol–water partition coefficient (Wildman–Crippen LogP) is 3.85. The van der Waals surface area contributed by atoms with Crippen LogP contribution in [-0.4, -0.2) is 30.5 Å². The minimum atomic E-state index is 0.775. The second kappa shape index (κ2) is 6.00. The van der Waals surface area contributed by atoms with E-state index in [-0.39, 0.29) is 0 Å². The Morgan fingerprint density at radius 2 is 2.30 bits per heavy atom. The highest BCUT2D eigenvalue weighted by Gasteiger charge is 2.24. The molecule has 1 fully saturated rings. The molecule has 1 aliphatic rings. The Balaban J connectivity index is 1.95. The third kappa shape index (κ3) is 2.62. The van der Waals surface area contributed by atoms with Crippen molar-refractivity contribution in [2.24, 2.45) is 5.92 Å². The van der Waals surface area contributed by atoms with Crippen LogP contribution in [0.25, 0.3) is 10.8 Å². The van der Waals surface area contributed by atoms with Gasteiger partial charge in [0.15, 0.2) is 0 Å². The van der Waals surface area contributed by atoms with Gasteiger partial charge in [-0.25, -0.2) is 4.98 Å². The largest absolute Gasteiger partial charge is 0.497 e. The normalized spacial score (nSPS) is 18.7. The summed E-state index contributed by atoms with van der Waals surface area (Å²) >= 11 is 3.54. The van der Waals surface area contributed by atoms with Gasteiger partial charge in [0.1, 0.15) is 11.6 Å². The molecule has 1 atom stereocenters. The number of hydrogen-bond acceptors (Lipinski definition) is 3. The molecule has 2 aromatic rings. The van der Waals surface area contributed by atoms with E-state index in [2.05, 4.69) is 44.0 Å². The average Bonchev–Trinajstić information content (AvgIpc) is 2.95. The Bertz CT molecular complexity index is 602. The van der Waals surface area contributed by atoms with Crippen LogP contribution >= 0.6 is 15.9 Å². The molecular weight excluding hydrogens is 316 g/mol. The van der Waals surface area contributed by atoms with Gasteiger partial charge < -0.3 is 9.64 Å². The van der Waals surface area contributed by atoms with Crippen LogP contribution in [0.1, 0.15) is 12.8 Å². The monoisotopic (exact) mass is 334 g/mol. The third-order valence-corrected chi connectivity index (χ3v) is 4.51. The van der Waals surface area contributed by atoms with Crippen LogP contribution in [0.5, 0.6) is 5.75 Å². The molecular formula is C16H19BrN2O. The first-order valence-electron chi connectivity index (χ1n) is 7.05. The number of anilines is 1. The zero-order valence-corrected chi connectivity index (χ0v) is 13.3. The highest BCUT2D eigenvalue weighted by Crippen LogP contribution is 2.32. The summed E-state index contributed by atoms with van der Waals surface area (Å²) in [5, 5.41) is 3.49. The topological polar surface area (TPSA) is 25.4 Å². The van der Waals surface area contributed by atoms with Crippen molar-refractivity contribution >= 4 is 32.5 Å². The van der Waals surface area contributed by atoms with Gasteiger partial charge in [0.05, 0.1) is 7.11 Å². The van der Waals surface area contributed by atoms with Crippen molar-refractivity contribution < 1.29 is 4.74 Å². The number of benzene rings is 1. The van der Waals surface area contributed by atoms with Crippen molar-refractivity contribution in [1.29, 1.82) is 0 Å². The number of halogens is 1. The fourth-order valence-corrected chi connectivity index (χ4v) is 3.57. The lowest BCUT2D eigenvalue weighted by Gasteiger charge is -2.19. The smallest absolute Gasteiger partial charge is 0.136 e. The molecule has 2 heterocycles. The number of ether oxygens (including phenoxy) is 1. The summed E-state index contributed by atoms with van der Waals surface area (Å²) in [5.74, 6) is 2.76. The number of methoxy groups -OCH3 is 1. The van der Waals surface area contributed by atoms with E-state index in [1.54, 1.807) is 7.11 Å². The van der Waals surface area contributed by atoms with E-state index in [4.69, 9.17) is 4.74 Å². The summed E-state index contributed by atoms with van der Waals surface area (Å²) in [4.78, 5) is 7.03. The van der Waals surface area contributed by atoms with Crippen molar-refractivity contribution in [1.82, 2.24) is 4.98 Å². The lowest BCUT2D eigenvalue weighted by atomic mass is 10.1. The van der Waals surface area contributed by atoms with Gasteiger partial charge in [0.2, 0.25) is 0 Å². The Hall–Kier alpha value is -1.29. The van der Waals surface area contributed by atoms with Crippen LogP contribution in [-0.2, 0) is 0 Å². The van der Waals surface area contributed by atoms with E-state index in [0.717, 1.165) is 35.9 Å². The summed E-state index contributed by atoms with van der Waals surface area (Å²) in [6, 6.07) is 8.26. The Kier molecular flexibility index (Phi) is 4.10. The number of alkyl halides is 1. The van der Waals surface area contributed by atoms with Gasteiger partial charge in [-0.3, -0.25) is 0 Å². The van der Waals surface area contributed by atoms with Gasteiger partial charge in [0, 0.05) is 30.0 Å². The number of pyridine rings is 1. The standard InChI is InChI=1S/C16H19BrN2O/c1-20-14-3-2-13-5-8-18-16(15(13)10-14)19-9-6-12(11-19)4-7-17/h2-3,5,8,10,12H,4,6-7,9,11H2,1H3. The lowest BCUT2D eigenvalue weighted by molar-refractivity contribution is 0.415. The van der Waals surface area contributed by atoms with Crippen molar-refractivity contribution in [3.63, 3.8) is 0 Å². The minimum Gasteiger partial charge on any atom is -0.497 e. The molecule has 1 unspecified atom stereocenters. The van der Waals surface area contributed by atoms with Gasteiger partial charge >= 0.3 is 0 Å². The lowest BCUT2D eigenvalue weighted by Crippen LogP contribution is -2.21. The SMILES string of the molecule is COc1ccc2ccnc(N3CCC(CCBr)C3)c2c1. The maximum absolute atomic E-state index is 5.35. The zero-order chi connectivity index (χ0) is 13.9. The fourth-order valence-electron chi connectivity index (χ4n) is 2.93. The summed E-state index contributed by atoms with van der Waals surface area (Å²) in [7, 11) is 1.71. The molecule has 0 spiro atoms. The van der Waals surface area contributed by atoms with Crippen LogP contribution < -0.4 is 9.64 Å². The van der Waals surface area contributed by atoms with E-state index in [1.165, 1.54) is 23.6 Å². The Morgan fingerprint density at radius 1 is 1.40 bits per heavy atom. The molecule has 1 saturated heterocycles. The van der Waals surface area contributed by atoms with Crippen LogP contribution in [0.3, 0.4) is 0 Å². The average molecular weight is 335 g/mol. The molecule has 0 saturated carbocycles. The van der Waals surface area contributed by atoms with Gasteiger partial charge in [-0.1, -0.05) is 22.0 Å². The van der Waals surface area contributed by atoms with Crippen molar-refractivity contribution in [3.05, 3.63) is 30.5 Å². The number of aromatic nitrogens is 1. The van der Waals surface area contributed by atoms with E-state index < -0.39 is 0 Å². The number of nitrogens with zero attached hydrogens (tertiary/aromatic N) is 2. The second-order valence-electron chi connectivity index (χ2n) is 5.30. The highest BCUT2D eigenvalue weighted by atomic mass is 79.9. The van der Waals surface area contributed by atoms with Gasteiger partial charge in [-0.2, -0.15) is 0 Å². The summed E-state index contributed by atoms with van der Waals surface area (Å²) in [6.45, 7) is 2.20. The molecule has 0 N–H and O–H groups in total. The van der Waals surface area contributed by atoms with E-state index in [9.17, 15) is 0 Å². The summed E-state index contributed by atoms with van der Waals surface area (Å²) < 4.78 is 5.35. The quantitative estimate of drug-likeness (QED) is 0.794. The Labute approximate surface area is 128 Å². The van der Waals surface area contributed by atoms with Crippen LogP contribution in [0, 0.1) is 5.92 Å². The highest BCUT2D eigenvalue weighted by molar-refractivity contribution is 9.09. The molecule has 0 amide bonds. The van der Waals surface area contributed by atoms with E-state index in [1.807, 2.05) is 12.3 Å². The molecule has 1 aliphatic heterocycles. The minimum absolute atomic E-state index is 0.775. The summed E-state index contributed by atoms with van der Waals surface area (Å²) in [5.41, 5.74) is 0. The predicted molar refractivity (Wildman–Crippen MR) is 87.0 cm³/mol. The fraction of sp³-hybridized carbons (Fsp3) is 0.438. The maximum atomic E-state index is 5.35. The first-order chi connectivity index (χ1) is 9.81. The third-order valence-electron chi connectivity index (χ3n) is 4.06. The van der Waals surface area contributed by atoms with Crippen molar-refractivity contribution in [2.75, 3.05) is 30.4 Å². The van der Waals surface area contributed by atoms with E-state index >= 15 is 0 Å². The first kappa shape index (κ1) is 13.7. The molecule has 3 nitrogen and oxygen atoms in total. The van der Waals surface area contributed by atoms with Gasteiger partial charge in [-0.05, 0) is 42.3 Å². The van der Waals surface area contributed by atoms with Crippen LogP contribution in [0.2, 0.25) is 0 Å². The van der Waals surface area contributed by atoms with Crippen molar-refractivity contribution in [3.8, 4) is 5.75 Å². The molecule has 3 rings (SSSR count). The molecule has 4 heteroatoms. The molecule has 20 heavy (non-hydrogen) atoms. The Morgan fingerprint density at radius 3 is 3.10 bits per heavy atom. The number of fused-ring (bicyclic) bond motifs is 1. The van der Waals surface area contributed by atoms with Gasteiger partial charge in [0.25, 0.3) is 0 Å². The molecule has 106 valence electrons. The van der Waals surface area contributed by atoms with Crippen LogP contribution in [0.4, 0.5) is 5.82 Å². The van der Waals surface area contributed by atoms with Gasteiger partial charge in [-0.15, -0.1) is 0 Å². The van der Waals surface area contributed by atoms with Crippen molar-refractivity contribution in [2.45, 2.75) is 12.8 Å². The molecule has 1 aromatic heterocycles. The maximum Gasteiger partial charge on any atom is 0.136 e. The first-order valence-corrected chi connectivity index (χ1v) is 8.17. The molecule has 0 radical (unpaired) electrons. The molecule has 0 bridgehead atoms. The summed E-state index contributed by atoms with van der Waals surface area (Å²) in [6.07, 6.45) is 4.40. The zero-order valence-electron chi connectivity index (χ0n) is 11.7. The number of rotatable bonds is 4. The van der Waals surface area contributed by atoms with E-state index in [0.29, 0.717) is 0 Å². The number of hydrogen-bond donors (Lipinski definition) is 0. The molecule has 0 aliphatic carbocycles. The second-order valence-corrected chi connectivity index (χ2v) is 6.09.